The lowest BCUT2D eigenvalue weighted by Gasteiger charge is -2.21. The van der Waals surface area contributed by atoms with Crippen molar-refractivity contribution in [2.75, 3.05) is 19.8 Å². The van der Waals surface area contributed by atoms with Gasteiger partial charge in [-0.05, 0) is 71.9 Å². The second kappa shape index (κ2) is 11.4. The van der Waals surface area contributed by atoms with E-state index in [4.69, 9.17) is 9.47 Å². The second-order valence-electron chi connectivity index (χ2n) is 11.2. The monoisotopic (exact) mass is 568 g/mol. The first-order chi connectivity index (χ1) is 21.1. The standard InChI is InChI=1S/C37H32N2O4/c1-24-19-33-34(38-23-26-10-7-16-39(26)37(33)41)22-35(24)43-18-8-17-42-27-11-6-9-25(20-27)21-32-28-12-2-4-14-30(28)36(40)31-15-5-3-13-29(31)32/h2-6,9,11-15,19-23,26H,7-8,10,16-18H2,1H3/t26-/m0/s1. The number of fused-ring (bicyclic) bond motifs is 4. The Bertz CT molecular complexity index is 1750. The lowest BCUT2D eigenvalue weighted by Crippen LogP contribution is -2.35. The van der Waals surface area contributed by atoms with E-state index in [-0.39, 0.29) is 17.7 Å². The smallest absolute Gasteiger partial charge is 0.256 e. The second-order valence-corrected chi connectivity index (χ2v) is 11.2. The van der Waals surface area contributed by atoms with Gasteiger partial charge in [0.1, 0.15) is 11.5 Å². The molecule has 2 aliphatic heterocycles. The van der Waals surface area contributed by atoms with Crippen LogP contribution < -0.4 is 9.47 Å². The molecule has 0 saturated carbocycles. The molecule has 0 bridgehead atoms. The molecule has 1 aliphatic carbocycles. The Kier molecular flexibility index (Phi) is 7.11. The summed E-state index contributed by atoms with van der Waals surface area (Å²) in [6.45, 7) is 3.73. The third kappa shape index (κ3) is 5.14. The van der Waals surface area contributed by atoms with Crippen LogP contribution in [0.3, 0.4) is 0 Å². The summed E-state index contributed by atoms with van der Waals surface area (Å²) in [5.74, 6) is 1.63. The van der Waals surface area contributed by atoms with Gasteiger partial charge >= 0.3 is 0 Å². The summed E-state index contributed by atoms with van der Waals surface area (Å²) in [7, 11) is 0. The minimum atomic E-state index is 0.0568. The highest BCUT2D eigenvalue weighted by Crippen LogP contribution is 2.37. The Morgan fingerprint density at radius 3 is 2.33 bits per heavy atom. The molecule has 3 aliphatic rings. The van der Waals surface area contributed by atoms with Crippen LogP contribution in [-0.4, -0.2) is 48.6 Å². The van der Waals surface area contributed by atoms with Gasteiger partial charge in [0.25, 0.3) is 5.91 Å². The van der Waals surface area contributed by atoms with E-state index in [0.717, 1.165) is 69.8 Å². The normalized spacial score (nSPS) is 16.6. The average Bonchev–Trinajstić information content (AvgIpc) is 3.47. The number of hydrogen-bond acceptors (Lipinski definition) is 5. The molecule has 0 spiro atoms. The molecule has 6 heteroatoms. The number of ketones is 1. The first-order valence-electron chi connectivity index (χ1n) is 14.9. The van der Waals surface area contributed by atoms with Crippen molar-refractivity contribution in [3.05, 3.63) is 124 Å². The van der Waals surface area contributed by atoms with Crippen molar-refractivity contribution in [1.29, 1.82) is 0 Å². The third-order valence-corrected chi connectivity index (χ3v) is 8.38. The molecule has 1 saturated heterocycles. The minimum Gasteiger partial charge on any atom is -0.493 e. The van der Waals surface area contributed by atoms with Crippen molar-refractivity contribution in [3.63, 3.8) is 0 Å². The van der Waals surface area contributed by atoms with Crippen LogP contribution in [0.5, 0.6) is 11.5 Å². The van der Waals surface area contributed by atoms with Crippen LogP contribution in [0.15, 0.2) is 89.9 Å². The Balaban J connectivity index is 1.01. The summed E-state index contributed by atoms with van der Waals surface area (Å²) in [5.41, 5.74) is 7.61. The van der Waals surface area contributed by atoms with Gasteiger partial charge in [-0.2, -0.15) is 0 Å². The number of carbonyl (C=O) groups excluding carboxylic acids is 2. The summed E-state index contributed by atoms with van der Waals surface area (Å²) in [6, 6.07) is 27.4. The average molecular weight is 569 g/mol. The molecule has 4 aromatic rings. The first-order valence-corrected chi connectivity index (χ1v) is 14.9. The van der Waals surface area contributed by atoms with Crippen LogP contribution in [0.2, 0.25) is 0 Å². The summed E-state index contributed by atoms with van der Waals surface area (Å²) in [6.07, 6.45) is 6.71. The van der Waals surface area contributed by atoms with Gasteiger partial charge in [-0.3, -0.25) is 14.6 Å². The molecule has 4 aromatic carbocycles. The van der Waals surface area contributed by atoms with E-state index in [1.165, 1.54) is 0 Å². The van der Waals surface area contributed by atoms with Crippen LogP contribution in [-0.2, 0) is 0 Å². The van der Waals surface area contributed by atoms with Crippen molar-refractivity contribution in [2.24, 2.45) is 4.99 Å². The van der Waals surface area contributed by atoms with Gasteiger partial charge in [-0.1, -0.05) is 60.7 Å². The highest BCUT2D eigenvalue weighted by atomic mass is 16.5. The predicted octanol–water partition coefficient (Wildman–Crippen LogP) is 7.30. The maximum atomic E-state index is 13.1. The van der Waals surface area contributed by atoms with Crippen molar-refractivity contribution < 1.29 is 19.1 Å². The number of ether oxygens (including phenoxy) is 2. The summed E-state index contributed by atoms with van der Waals surface area (Å²) in [4.78, 5) is 32.7. The molecule has 6 nitrogen and oxygen atoms in total. The highest BCUT2D eigenvalue weighted by molar-refractivity contribution is 6.20. The minimum absolute atomic E-state index is 0.0568. The van der Waals surface area contributed by atoms with Gasteiger partial charge in [-0.15, -0.1) is 0 Å². The zero-order valence-electron chi connectivity index (χ0n) is 24.1. The fraction of sp³-hybridized carbons (Fsp3) is 0.216. The predicted molar refractivity (Wildman–Crippen MR) is 169 cm³/mol. The van der Waals surface area contributed by atoms with Gasteiger partial charge < -0.3 is 14.4 Å². The van der Waals surface area contributed by atoms with Crippen LogP contribution >= 0.6 is 0 Å². The maximum absolute atomic E-state index is 13.1. The van der Waals surface area contributed by atoms with Crippen LogP contribution in [0.25, 0.3) is 11.6 Å². The van der Waals surface area contributed by atoms with Crippen molar-refractivity contribution >= 4 is 35.2 Å². The number of benzene rings is 4. The van der Waals surface area contributed by atoms with Crippen LogP contribution in [0, 0.1) is 6.92 Å². The SMILES string of the molecule is Cc1cc2c(cc1OCCCOc1cccc(C=C3c4ccccc4C(=O)c4ccccc43)c1)N=C[C@@H]1CCCN1C2=O. The number of aryl methyl sites for hydroxylation is 1. The van der Waals surface area contributed by atoms with Gasteiger partial charge in [0.05, 0.1) is 30.5 Å². The lowest BCUT2D eigenvalue weighted by atomic mass is 9.81. The van der Waals surface area contributed by atoms with E-state index < -0.39 is 0 Å². The highest BCUT2D eigenvalue weighted by Gasteiger charge is 2.32. The van der Waals surface area contributed by atoms with Crippen LogP contribution in [0.1, 0.15) is 67.8 Å². The van der Waals surface area contributed by atoms with E-state index in [0.29, 0.717) is 30.9 Å². The molecule has 0 N–H and O–H groups in total. The zero-order valence-corrected chi connectivity index (χ0v) is 24.1. The van der Waals surface area contributed by atoms with Crippen molar-refractivity contribution in [2.45, 2.75) is 32.2 Å². The number of amides is 1. The van der Waals surface area contributed by atoms with Gasteiger partial charge in [0, 0.05) is 36.4 Å². The Morgan fingerprint density at radius 2 is 1.56 bits per heavy atom. The van der Waals surface area contributed by atoms with Crippen molar-refractivity contribution in [1.82, 2.24) is 4.90 Å². The molecule has 0 aromatic heterocycles. The van der Waals surface area contributed by atoms with E-state index in [9.17, 15) is 9.59 Å². The fourth-order valence-electron chi connectivity index (χ4n) is 6.20. The van der Waals surface area contributed by atoms with E-state index in [1.807, 2.05) is 103 Å². The molecule has 214 valence electrons. The first kappa shape index (κ1) is 26.9. The summed E-state index contributed by atoms with van der Waals surface area (Å²) in [5, 5.41) is 0. The number of hydrogen-bond donors (Lipinski definition) is 0. The topological polar surface area (TPSA) is 68.2 Å². The molecule has 0 unspecified atom stereocenters. The quantitative estimate of drug-likeness (QED) is 0.193. The number of aliphatic imine (C=N–C) groups is 1. The van der Waals surface area contributed by atoms with Crippen LogP contribution in [0.4, 0.5) is 5.69 Å². The molecule has 1 fully saturated rings. The molecule has 1 amide bonds. The molecule has 2 heterocycles. The maximum Gasteiger partial charge on any atom is 0.256 e. The van der Waals surface area contributed by atoms with E-state index in [1.54, 1.807) is 0 Å². The van der Waals surface area contributed by atoms with Gasteiger partial charge in [0.15, 0.2) is 5.78 Å². The molecule has 43 heavy (non-hydrogen) atoms. The number of nitrogens with zero attached hydrogens (tertiary/aromatic N) is 2. The zero-order chi connectivity index (χ0) is 29.3. The summed E-state index contributed by atoms with van der Waals surface area (Å²) < 4.78 is 12.2. The van der Waals surface area contributed by atoms with E-state index in [2.05, 4.69) is 11.1 Å². The molecule has 0 radical (unpaired) electrons. The Labute approximate surface area is 251 Å². The van der Waals surface area contributed by atoms with Gasteiger partial charge in [-0.25, -0.2) is 0 Å². The Hall–Kier alpha value is -4.97. The van der Waals surface area contributed by atoms with Crippen molar-refractivity contribution in [3.8, 4) is 11.5 Å². The number of rotatable bonds is 7. The Morgan fingerprint density at radius 1 is 0.837 bits per heavy atom. The third-order valence-electron chi connectivity index (χ3n) is 8.38. The largest absolute Gasteiger partial charge is 0.493 e. The molecular weight excluding hydrogens is 536 g/mol. The molecular formula is C37H32N2O4. The fourth-order valence-corrected chi connectivity index (χ4v) is 6.20. The van der Waals surface area contributed by atoms with Gasteiger partial charge in [0.2, 0.25) is 0 Å². The molecule has 7 rings (SSSR count). The molecule has 1 atom stereocenters. The summed E-state index contributed by atoms with van der Waals surface area (Å²) >= 11 is 0. The van der Waals surface area contributed by atoms with E-state index >= 15 is 0 Å². The lowest BCUT2D eigenvalue weighted by molar-refractivity contribution is 0.0774. The number of carbonyl (C=O) groups is 2.